The van der Waals surface area contributed by atoms with Gasteiger partial charge in [0.1, 0.15) is 0 Å². The van der Waals surface area contributed by atoms with Crippen molar-refractivity contribution in [3.05, 3.63) is 71.8 Å². The Hall–Kier alpha value is -2.66. The predicted octanol–water partition coefficient (Wildman–Crippen LogP) is 2.23. The standard InChI is InChI=1S/C20H25N3O2/c1-15(19(22)17-10-6-3-7-11-17)20(25)23(13-12-18(21)24)14-16-8-4-2-5-9-16/h2-11,15,19H,12-14,22H2,1H3,(H2,21,24). The second-order valence-electron chi connectivity index (χ2n) is 6.19. The largest absolute Gasteiger partial charge is 0.370 e. The number of nitrogens with zero attached hydrogens (tertiary/aromatic N) is 1. The van der Waals surface area contributed by atoms with Gasteiger partial charge in [0, 0.05) is 25.6 Å². The second kappa shape index (κ2) is 8.99. The van der Waals surface area contributed by atoms with Gasteiger partial charge in [-0.05, 0) is 11.1 Å². The quantitative estimate of drug-likeness (QED) is 0.773. The lowest BCUT2D eigenvalue weighted by Crippen LogP contribution is -2.40. The Labute approximate surface area is 148 Å². The molecule has 0 aliphatic heterocycles. The van der Waals surface area contributed by atoms with Crippen LogP contribution in [0.2, 0.25) is 0 Å². The van der Waals surface area contributed by atoms with Crippen LogP contribution in [0.1, 0.15) is 30.5 Å². The lowest BCUT2D eigenvalue weighted by atomic mass is 9.94. The van der Waals surface area contributed by atoms with E-state index < -0.39 is 17.9 Å². The smallest absolute Gasteiger partial charge is 0.227 e. The predicted molar refractivity (Wildman–Crippen MR) is 98.2 cm³/mol. The van der Waals surface area contributed by atoms with E-state index in [4.69, 9.17) is 11.5 Å². The van der Waals surface area contributed by atoms with Crippen molar-refractivity contribution < 1.29 is 9.59 Å². The van der Waals surface area contributed by atoms with Crippen molar-refractivity contribution in [2.24, 2.45) is 17.4 Å². The van der Waals surface area contributed by atoms with Crippen molar-refractivity contribution in [1.82, 2.24) is 4.90 Å². The molecular weight excluding hydrogens is 314 g/mol. The monoisotopic (exact) mass is 339 g/mol. The zero-order valence-electron chi connectivity index (χ0n) is 14.5. The maximum atomic E-state index is 13.0. The normalized spacial score (nSPS) is 13.0. The van der Waals surface area contributed by atoms with Gasteiger partial charge in [-0.3, -0.25) is 9.59 Å². The van der Waals surface area contributed by atoms with E-state index >= 15 is 0 Å². The molecule has 2 aromatic carbocycles. The lowest BCUT2D eigenvalue weighted by Gasteiger charge is -2.28. The van der Waals surface area contributed by atoms with Crippen molar-refractivity contribution in [1.29, 1.82) is 0 Å². The minimum atomic E-state index is -0.425. The van der Waals surface area contributed by atoms with Crippen LogP contribution in [0.5, 0.6) is 0 Å². The summed E-state index contributed by atoms with van der Waals surface area (Å²) >= 11 is 0. The fraction of sp³-hybridized carbons (Fsp3) is 0.300. The first-order valence-corrected chi connectivity index (χ1v) is 8.40. The molecule has 0 aromatic heterocycles. The Kier molecular flexibility index (Phi) is 6.71. The molecule has 2 aromatic rings. The van der Waals surface area contributed by atoms with Crippen LogP contribution in [-0.4, -0.2) is 23.3 Å². The van der Waals surface area contributed by atoms with Gasteiger partial charge in [-0.25, -0.2) is 0 Å². The van der Waals surface area contributed by atoms with Gasteiger partial charge in [-0.15, -0.1) is 0 Å². The number of nitrogens with two attached hydrogens (primary N) is 2. The molecule has 132 valence electrons. The van der Waals surface area contributed by atoms with Gasteiger partial charge in [0.25, 0.3) is 0 Å². The average Bonchev–Trinajstić information content (AvgIpc) is 2.64. The number of rotatable bonds is 8. The molecule has 2 unspecified atom stereocenters. The first-order chi connectivity index (χ1) is 12.0. The molecule has 0 aliphatic carbocycles. The molecule has 2 amide bonds. The maximum Gasteiger partial charge on any atom is 0.227 e. The van der Waals surface area contributed by atoms with Crippen molar-refractivity contribution in [2.75, 3.05) is 6.54 Å². The Bertz CT molecular complexity index is 689. The van der Waals surface area contributed by atoms with Crippen LogP contribution < -0.4 is 11.5 Å². The average molecular weight is 339 g/mol. The summed E-state index contributed by atoms with van der Waals surface area (Å²) in [6.45, 7) is 2.54. The van der Waals surface area contributed by atoms with Gasteiger partial charge < -0.3 is 16.4 Å². The summed E-state index contributed by atoms with van der Waals surface area (Å²) in [5.74, 6) is -0.911. The molecule has 0 radical (unpaired) electrons. The minimum absolute atomic E-state index is 0.0820. The highest BCUT2D eigenvalue weighted by atomic mass is 16.2. The van der Waals surface area contributed by atoms with Crippen molar-refractivity contribution in [2.45, 2.75) is 25.9 Å². The minimum Gasteiger partial charge on any atom is -0.370 e. The number of hydrogen-bond donors (Lipinski definition) is 2. The van der Waals surface area contributed by atoms with Crippen LogP contribution in [0.3, 0.4) is 0 Å². The van der Waals surface area contributed by atoms with Gasteiger partial charge >= 0.3 is 0 Å². The Morgan fingerprint density at radius 3 is 2.12 bits per heavy atom. The van der Waals surface area contributed by atoms with Crippen molar-refractivity contribution in [3.63, 3.8) is 0 Å². The summed E-state index contributed by atoms with van der Waals surface area (Å²) in [6.07, 6.45) is 0.131. The van der Waals surface area contributed by atoms with Crippen LogP contribution in [0.25, 0.3) is 0 Å². The number of benzene rings is 2. The molecule has 4 N–H and O–H groups in total. The molecule has 25 heavy (non-hydrogen) atoms. The Morgan fingerprint density at radius 1 is 1.00 bits per heavy atom. The van der Waals surface area contributed by atoms with Gasteiger partial charge in [-0.2, -0.15) is 0 Å². The van der Waals surface area contributed by atoms with Gasteiger partial charge in [0.2, 0.25) is 11.8 Å². The fourth-order valence-corrected chi connectivity index (χ4v) is 2.72. The number of amides is 2. The third-order valence-electron chi connectivity index (χ3n) is 4.27. The summed E-state index contributed by atoms with van der Waals surface area (Å²) in [5, 5.41) is 0. The SMILES string of the molecule is CC(C(=O)N(CCC(N)=O)Cc1ccccc1)C(N)c1ccccc1. The molecule has 0 heterocycles. The van der Waals surface area contributed by atoms with E-state index in [1.807, 2.05) is 67.6 Å². The summed E-state index contributed by atoms with van der Waals surface area (Å²) in [7, 11) is 0. The molecule has 0 spiro atoms. The highest BCUT2D eigenvalue weighted by Crippen LogP contribution is 2.22. The molecule has 0 aliphatic rings. The van der Waals surface area contributed by atoms with Gasteiger partial charge in [-0.1, -0.05) is 67.6 Å². The molecule has 0 saturated heterocycles. The third kappa shape index (κ3) is 5.43. The van der Waals surface area contributed by atoms with Crippen LogP contribution in [-0.2, 0) is 16.1 Å². The Morgan fingerprint density at radius 2 is 1.56 bits per heavy atom. The molecule has 2 rings (SSSR count). The molecule has 0 saturated carbocycles. The Balaban J connectivity index is 2.13. The highest BCUT2D eigenvalue weighted by Gasteiger charge is 2.27. The van der Waals surface area contributed by atoms with Crippen LogP contribution in [0.4, 0.5) is 0 Å². The second-order valence-corrected chi connectivity index (χ2v) is 6.19. The topological polar surface area (TPSA) is 89.4 Å². The van der Waals surface area contributed by atoms with Crippen LogP contribution in [0, 0.1) is 5.92 Å². The zero-order valence-corrected chi connectivity index (χ0v) is 14.5. The molecule has 0 fully saturated rings. The number of carbonyl (C=O) groups excluding carboxylic acids is 2. The van der Waals surface area contributed by atoms with Gasteiger partial charge in [0.15, 0.2) is 0 Å². The van der Waals surface area contributed by atoms with E-state index in [0.29, 0.717) is 6.54 Å². The fourth-order valence-electron chi connectivity index (χ4n) is 2.72. The van der Waals surface area contributed by atoms with E-state index in [1.54, 1.807) is 4.90 Å². The molecular formula is C20H25N3O2. The van der Waals surface area contributed by atoms with Crippen LogP contribution >= 0.6 is 0 Å². The van der Waals surface area contributed by atoms with Crippen LogP contribution in [0.15, 0.2) is 60.7 Å². The van der Waals surface area contributed by atoms with Crippen molar-refractivity contribution in [3.8, 4) is 0 Å². The van der Waals surface area contributed by atoms with E-state index in [1.165, 1.54) is 0 Å². The maximum absolute atomic E-state index is 13.0. The van der Waals surface area contributed by atoms with E-state index in [0.717, 1.165) is 11.1 Å². The summed E-state index contributed by atoms with van der Waals surface area (Å²) in [4.78, 5) is 25.8. The van der Waals surface area contributed by atoms with E-state index in [2.05, 4.69) is 0 Å². The number of primary amides is 1. The first-order valence-electron chi connectivity index (χ1n) is 8.40. The molecule has 5 nitrogen and oxygen atoms in total. The molecule has 0 bridgehead atoms. The number of carbonyl (C=O) groups is 2. The zero-order chi connectivity index (χ0) is 18.2. The van der Waals surface area contributed by atoms with E-state index in [-0.39, 0.29) is 18.9 Å². The summed E-state index contributed by atoms with van der Waals surface area (Å²) in [5.41, 5.74) is 13.5. The molecule has 5 heteroatoms. The molecule has 2 atom stereocenters. The summed E-state index contributed by atoms with van der Waals surface area (Å²) < 4.78 is 0. The number of hydrogen-bond acceptors (Lipinski definition) is 3. The van der Waals surface area contributed by atoms with Gasteiger partial charge in [0.05, 0.1) is 5.92 Å². The van der Waals surface area contributed by atoms with Crippen molar-refractivity contribution >= 4 is 11.8 Å². The van der Waals surface area contributed by atoms with E-state index in [9.17, 15) is 9.59 Å². The third-order valence-corrected chi connectivity index (χ3v) is 4.27. The first kappa shape index (κ1) is 18.7. The summed E-state index contributed by atoms with van der Waals surface area (Å²) in [6, 6.07) is 18.8. The highest BCUT2D eigenvalue weighted by molar-refractivity contribution is 5.80. The lowest BCUT2D eigenvalue weighted by molar-refractivity contribution is -0.136.